The van der Waals surface area contributed by atoms with E-state index in [9.17, 15) is 14.0 Å². The van der Waals surface area contributed by atoms with Crippen molar-refractivity contribution in [1.82, 2.24) is 0 Å². The molecule has 142 valence electrons. The fourth-order valence-corrected chi connectivity index (χ4v) is 3.26. The van der Waals surface area contributed by atoms with Gasteiger partial charge in [0, 0.05) is 24.3 Å². The zero-order valence-corrected chi connectivity index (χ0v) is 16.3. The average Bonchev–Trinajstić information content (AvgIpc) is 2.99. The zero-order valence-electron chi connectivity index (χ0n) is 15.6. The molecule has 1 heterocycles. The normalized spacial score (nSPS) is 17.3. The van der Waals surface area contributed by atoms with Crippen LogP contribution in [-0.2, 0) is 15.0 Å². The molecule has 2 amide bonds. The summed E-state index contributed by atoms with van der Waals surface area (Å²) in [6.07, 6.45) is 0.112. The highest BCUT2D eigenvalue weighted by molar-refractivity contribution is 6.31. The predicted molar refractivity (Wildman–Crippen MR) is 106 cm³/mol. The van der Waals surface area contributed by atoms with Gasteiger partial charge >= 0.3 is 0 Å². The van der Waals surface area contributed by atoms with Gasteiger partial charge in [0.25, 0.3) is 0 Å². The molecule has 1 aliphatic rings. The summed E-state index contributed by atoms with van der Waals surface area (Å²) in [6, 6.07) is 11.8. The van der Waals surface area contributed by atoms with Crippen molar-refractivity contribution in [2.24, 2.45) is 5.92 Å². The Hall–Kier alpha value is -2.40. The molecular weight excluding hydrogens is 367 g/mol. The molecule has 1 saturated heterocycles. The average molecular weight is 389 g/mol. The number of benzene rings is 2. The van der Waals surface area contributed by atoms with Crippen molar-refractivity contribution in [1.29, 1.82) is 0 Å². The number of nitrogens with one attached hydrogen (secondary N) is 1. The highest BCUT2D eigenvalue weighted by atomic mass is 35.5. The minimum absolute atomic E-state index is 0.0390. The summed E-state index contributed by atoms with van der Waals surface area (Å²) in [5, 5.41) is 2.82. The molecule has 2 aromatic rings. The van der Waals surface area contributed by atoms with Gasteiger partial charge in [0.1, 0.15) is 5.82 Å². The van der Waals surface area contributed by atoms with Crippen molar-refractivity contribution in [3.8, 4) is 0 Å². The van der Waals surface area contributed by atoms with Crippen molar-refractivity contribution in [2.75, 3.05) is 16.8 Å². The Labute approximate surface area is 163 Å². The van der Waals surface area contributed by atoms with Crippen molar-refractivity contribution < 1.29 is 14.0 Å². The minimum Gasteiger partial charge on any atom is -0.326 e. The van der Waals surface area contributed by atoms with Crippen LogP contribution in [0, 0.1) is 11.7 Å². The monoisotopic (exact) mass is 388 g/mol. The van der Waals surface area contributed by atoms with Crippen LogP contribution in [-0.4, -0.2) is 18.4 Å². The number of carbonyl (C=O) groups excluding carboxylic acids is 2. The molecule has 27 heavy (non-hydrogen) atoms. The van der Waals surface area contributed by atoms with Crippen LogP contribution in [0.3, 0.4) is 0 Å². The second-order valence-electron chi connectivity index (χ2n) is 7.82. The fourth-order valence-electron chi connectivity index (χ4n) is 3.08. The molecule has 0 bridgehead atoms. The molecule has 0 aliphatic carbocycles. The van der Waals surface area contributed by atoms with E-state index in [4.69, 9.17) is 11.6 Å². The molecule has 1 unspecified atom stereocenters. The maximum absolute atomic E-state index is 13.3. The molecule has 0 radical (unpaired) electrons. The van der Waals surface area contributed by atoms with E-state index in [1.807, 2.05) is 24.3 Å². The van der Waals surface area contributed by atoms with Crippen LogP contribution in [0.4, 0.5) is 15.8 Å². The van der Waals surface area contributed by atoms with Gasteiger partial charge in [-0.3, -0.25) is 9.59 Å². The summed E-state index contributed by atoms with van der Waals surface area (Å²) in [5.74, 6) is -1.40. The summed E-state index contributed by atoms with van der Waals surface area (Å²) >= 11 is 5.80. The number of rotatable bonds is 3. The molecule has 3 rings (SSSR count). The lowest BCUT2D eigenvalue weighted by molar-refractivity contribution is -0.122. The van der Waals surface area contributed by atoms with E-state index >= 15 is 0 Å². The maximum Gasteiger partial charge on any atom is 0.229 e. The number of carbonyl (C=O) groups is 2. The predicted octanol–water partition coefficient (Wildman–Crippen LogP) is 4.77. The Balaban J connectivity index is 1.67. The van der Waals surface area contributed by atoms with Crippen molar-refractivity contribution >= 4 is 34.8 Å². The zero-order chi connectivity index (χ0) is 19.8. The summed E-state index contributed by atoms with van der Waals surface area (Å²) in [6.45, 7) is 6.62. The Bertz CT molecular complexity index is 875. The quantitative estimate of drug-likeness (QED) is 0.823. The van der Waals surface area contributed by atoms with Crippen LogP contribution in [0.1, 0.15) is 32.8 Å². The molecule has 0 saturated carbocycles. The lowest BCUT2D eigenvalue weighted by atomic mass is 9.87. The molecule has 0 spiro atoms. The standard InChI is InChI=1S/C21H22ClFN2O2/c1-21(2,3)14-4-6-15(7-5-14)24-20(27)13-10-19(26)25(12-13)16-8-9-18(23)17(22)11-16/h4-9,11,13H,10,12H2,1-3H3,(H,24,27). The first-order chi connectivity index (χ1) is 12.6. The van der Waals surface area contributed by atoms with Crippen LogP contribution in [0.15, 0.2) is 42.5 Å². The van der Waals surface area contributed by atoms with Crippen molar-refractivity contribution in [3.05, 3.63) is 58.9 Å². The van der Waals surface area contributed by atoms with Crippen molar-refractivity contribution in [2.45, 2.75) is 32.6 Å². The summed E-state index contributed by atoms with van der Waals surface area (Å²) in [5.41, 5.74) is 2.41. The number of hydrogen-bond donors (Lipinski definition) is 1. The topological polar surface area (TPSA) is 49.4 Å². The van der Waals surface area contributed by atoms with Gasteiger partial charge in [-0.2, -0.15) is 0 Å². The van der Waals surface area contributed by atoms with Crippen molar-refractivity contribution in [3.63, 3.8) is 0 Å². The van der Waals surface area contributed by atoms with E-state index in [2.05, 4.69) is 26.1 Å². The van der Waals surface area contributed by atoms with Gasteiger partial charge in [0.15, 0.2) is 0 Å². The molecular formula is C21H22ClFN2O2. The van der Waals surface area contributed by atoms with Crippen LogP contribution >= 0.6 is 11.6 Å². The fraction of sp³-hybridized carbons (Fsp3) is 0.333. The first kappa shape index (κ1) is 19.4. The molecule has 4 nitrogen and oxygen atoms in total. The van der Waals surface area contributed by atoms with Gasteiger partial charge in [-0.05, 0) is 41.3 Å². The third-order valence-electron chi connectivity index (χ3n) is 4.73. The number of nitrogens with zero attached hydrogens (tertiary/aromatic N) is 1. The third kappa shape index (κ3) is 4.30. The molecule has 6 heteroatoms. The van der Waals surface area contributed by atoms with Gasteiger partial charge in [-0.1, -0.05) is 44.5 Å². The van der Waals surface area contributed by atoms with E-state index < -0.39 is 11.7 Å². The molecule has 1 fully saturated rings. The Kier molecular flexibility index (Phi) is 5.24. The van der Waals surface area contributed by atoms with E-state index in [0.29, 0.717) is 11.4 Å². The first-order valence-corrected chi connectivity index (χ1v) is 9.20. The number of anilines is 2. The van der Waals surface area contributed by atoms with Crippen LogP contribution in [0.25, 0.3) is 0 Å². The van der Waals surface area contributed by atoms with E-state index in [1.165, 1.54) is 28.7 Å². The van der Waals surface area contributed by atoms with Gasteiger partial charge in [0.2, 0.25) is 11.8 Å². The van der Waals surface area contributed by atoms with Gasteiger partial charge in [0.05, 0.1) is 10.9 Å². The second kappa shape index (κ2) is 7.31. The smallest absolute Gasteiger partial charge is 0.229 e. The minimum atomic E-state index is -0.542. The molecule has 2 aromatic carbocycles. The lowest BCUT2D eigenvalue weighted by Crippen LogP contribution is -2.28. The second-order valence-corrected chi connectivity index (χ2v) is 8.23. The largest absolute Gasteiger partial charge is 0.326 e. The summed E-state index contributed by atoms with van der Waals surface area (Å²) in [4.78, 5) is 26.3. The molecule has 1 aliphatic heterocycles. The summed E-state index contributed by atoms with van der Waals surface area (Å²) < 4.78 is 13.3. The SMILES string of the molecule is CC(C)(C)c1ccc(NC(=O)C2CC(=O)N(c3ccc(F)c(Cl)c3)C2)cc1. The Morgan fingerprint density at radius 1 is 1.19 bits per heavy atom. The lowest BCUT2D eigenvalue weighted by Gasteiger charge is -2.19. The van der Waals surface area contributed by atoms with Crippen LogP contribution in [0.5, 0.6) is 0 Å². The van der Waals surface area contributed by atoms with E-state index in [-0.39, 0.29) is 35.2 Å². The van der Waals surface area contributed by atoms with Crippen LogP contribution in [0.2, 0.25) is 5.02 Å². The van der Waals surface area contributed by atoms with Gasteiger partial charge in [-0.25, -0.2) is 4.39 Å². The maximum atomic E-state index is 13.3. The van der Waals surface area contributed by atoms with Gasteiger partial charge in [-0.15, -0.1) is 0 Å². The van der Waals surface area contributed by atoms with Gasteiger partial charge < -0.3 is 10.2 Å². The van der Waals surface area contributed by atoms with E-state index in [0.717, 1.165) is 0 Å². The highest BCUT2D eigenvalue weighted by Crippen LogP contribution is 2.29. The number of halogens is 2. The highest BCUT2D eigenvalue weighted by Gasteiger charge is 2.35. The molecule has 0 aromatic heterocycles. The Morgan fingerprint density at radius 2 is 1.85 bits per heavy atom. The first-order valence-electron chi connectivity index (χ1n) is 8.82. The van der Waals surface area contributed by atoms with Crippen LogP contribution < -0.4 is 10.2 Å². The number of amides is 2. The third-order valence-corrected chi connectivity index (χ3v) is 5.02. The molecule has 1 atom stereocenters. The molecule has 1 N–H and O–H groups in total. The van der Waals surface area contributed by atoms with E-state index in [1.54, 1.807) is 0 Å². The summed E-state index contributed by atoms with van der Waals surface area (Å²) in [7, 11) is 0. The number of hydrogen-bond acceptors (Lipinski definition) is 2. The Morgan fingerprint density at radius 3 is 2.44 bits per heavy atom.